The van der Waals surface area contributed by atoms with Crippen molar-refractivity contribution >= 4 is 5.91 Å². The molecular formula is C19H30N2O2. The van der Waals surface area contributed by atoms with Crippen molar-refractivity contribution in [1.82, 2.24) is 10.2 Å². The van der Waals surface area contributed by atoms with Gasteiger partial charge >= 0.3 is 0 Å². The second kappa shape index (κ2) is 8.92. The molecule has 2 rings (SSSR count). The van der Waals surface area contributed by atoms with Crippen LogP contribution in [0.1, 0.15) is 38.2 Å². The number of likely N-dealkylation sites (tertiary alicyclic amines) is 1. The molecule has 4 heteroatoms. The number of aryl methyl sites for hydroxylation is 1. The minimum absolute atomic E-state index is 0.140. The second-order valence-corrected chi connectivity index (χ2v) is 6.49. The minimum Gasteiger partial charge on any atom is -0.481 e. The highest BCUT2D eigenvalue weighted by atomic mass is 16.5. The van der Waals surface area contributed by atoms with E-state index in [0.717, 1.165) is 49.7 Å². The number of ether oxygens (including phenoxy) is 1. The van der Waals surface area contributed by atoms with Gasteiger partial charge in [0, 0.05) is 13.1 Å². The zero-order valence-corrected chi connectivity index (χ0v) is 14.7. The highest BCUT2D eigenvalue weighted by molar-refractivity contribution is 5.81. The summed E-state index contributed by atoms with van der Waals surface area (Å²) < 4.78 is 5.95. The number of piperidine rings is 1. The number of carbonyl (C=O) groups excluding carboxylic acids is 1. The summed E-state index contributed by atoms with van der Waals surface area (Å²) in [6, 6.07) is 7.91. The third kappa shape index (κ3) is 5.24. The highest BCUT2D eigenvalue weighted by Crippen LogP contribution is 2.22. The zero-order valence-electron chi connectivity index (χ0n) is 14.7. The maximum absolute atomic E-state index is 12.7. The van der Waals surface area contributed by atoms with E-state index in [9.17, 15) is 4.79 Å². The van der Waals surface area contributed by atoms with Crippen LogP contribution in [-0.4, -0.2) is 43.6 Å². The first-order valence-corrected chi connectivity index (χ1v) is 8.80. The quantitative estimate of drug-likeness (QED) is 0.840. The molecule has 1 aromatic rings. The number of hydrogen-bond donors (Lipinski definition) is 1. The fourth-order valence-electron chi connectivity index (χ4n) is 3.16. The summed E-state index contributed by atoms with van der Waals surface area (Å²) in [5.74, 6) is 1.67. The summed E-state index contributed by atoms with van der Waals surface area (Å²) in [7, 11) is 1.99. The van der Waals surface area contributed by atoms with Crippen molar-refractivity contribution in [2.45, 2.75) is 45.6 Å². The number of benzene rings is 1. The van der Waals surface area contributed by atoms with Gasteiger partial charge in [0.15, 0.2) is 6.10 Å². The van der Waals surface area contributed by atoms with Crippen molar-refractivity contribution in [2.24, 2.45) is 5.92 Å². The molecule has 1 aliphatic heterocycles. The monoisotopic (exact) mass is 318 g/mol. The van der Waals surface area contributed by atoms with Gasteiger partial charge < -0.3 is 15.0 Å². The largest absolute Gasteiger partial charge is 0.481 e. The van der Waals surface area contributed by atoms with Gasteiger partial charge in [-0.3, -0.25) is 4.79 Å². The molecule has 23 heavy (non-hydrogen) atoms. The van der Waals surface area contributed by atoms with E-state index >= 15 is 0 Å². The van der Waals surface area contributed by atoms with Crippen molar-refractivity contribution in [1.29, 1.82) is 0 Å². The third-order valence-electron chi connectivity index (χ3n) is 4.64. The summed E-state index contributed by atoms with van der Waals surface area (Å²) in [6.45, 7) is 6.83. The Hall–Kier alpha value is -1.55. The van der Waals surface area contributed by atoms with E-state index in [1.165, 1.54) is 6.42 Å². The van der Waals surface area contributed by atoms with Gasteiger partial charge in [-0.1, -0.05) is 19.1 Å². The van der Waals surface area contributed by atoms with Crippen molar-refractivity contribution in [3.05, 3.63) is 29.8 Å². The summed E-state index contributed by atoms with van der Waals surface area (Å²) in [5.41, 5.74) is 1.15. The topological polar surface area (TPSA) is 41.6 Å². The van der Waals surface area contributed by atoms with E-state index < -0.39 is 0 Å². The molecule has 1 unspecified atom stereocenters. The van der Waals surface area contributed by atoms with Crippen molar-refractivity contribution in [3.8, 4) is 5.75 Å². The smallest absolute Gasteiger partial charge is 0.263 e. The van der Waals surface area contributed by atoms with Crippen LogP contribution in [0.3, 0.4) is 0 Å². The predicted molar refractivity (Wildman–Crippen MR) is 93.7 cm³/mol. The van der Waals surface area contributed by atoms with E-state index in [1.807, 2.05) is 50.1 Å². The van der Waals surface area contributed by atoms with E-state index in [4.69, 9.17) is 4.74 Å². The Balaban J connectivity index is 1.88. The SMILES string of the molecule is CCC(Oc1cccc(C)c1)C(=O)N1CCC(CCNC)CC1. The van der Waals surface area contributed by atoms with Crippen LogP contribution in [0.2, 0.25) is 0 Å². The zero-order chi connectivity index (χ0) is 16.7. The Kier molecular flexibility index (Phi) is 6.90. The molecular weight excluding hydrogens is 288 g/mol. The molecule has 1 saturated heterocycles. The Labute approximate surface area is 140 Å². The second-order valence-electron chi connectivity index (χ2n) is 6.49. The molecule has 1 fully saturated rings. The normalized spacial score (nSPS) is 17.1. The Morgan fingerprint density at radius 1 is 1.39 bits per heavy atom. The third-order valence-corrected chi connectivity index (χ3v) is 4.64. The molecule has 4 nitrogen and oxygen atoms in total. The fraction of sp³-hybridized carbons (Fsp3) is 0.632. The first-order valence-electron chi connectivity index (χ1n) is 8.80. The van der Waals surface area contributed by atoms with Crippen LogP contribution in [-0.2, 0) is 4.79 Å². The van der Waals surface area contributed by atoms with Crippen molar-refractivity contribution in [2.75, 3.05) is 26.7 Å². The average molecular weight is 318 g/mol. The maximum atomic E-state index is 12.7. The van der Waals surface area contributed by atoms with Gasteiger partial charge in [0.1, 0.15) is 5.75 Å². The highest BCUT2D eigenvalue weighted by Gasteiger charge is 2.28. The van der Waals surface area contributed by atoms with Gasteiger partial charge in [0.2, 0.25) is 0 Å². The Bertz CT molecular complexity index is 496. The van der Waals surface area contributed by atoms with Crippen LogP contribution in [0.4, 0.5) is 0 Å². The standard InChI is InChI=1S/C19H30N2O2/c1-4-18(23-17-7-5-6-15(2)14-17)19(22)21-12-9-16(10-13-21)8-11-20-3/h5-7,14,16,18,20H,4,8-13H2,1-3H3. The minimum atomic E-state index is -0.370. The first-order chi connectivity index (χ1) is 11.1. The summed E-state index contributed by atoms with van der Waals surface area (Å²) in [4.78, 5) is 14.7. The molecule has 1 aliphatic rings. The Morgan fingerprint density at radius 3 is 2.74 bits per heavy atom. The molecule has 1 amide bonds. The molecule has 0 aliphatic carbocycles. The van der Waals surface area contributed by atoms with E-state index in [0.29, 0.717) is 6.42 Å². The molecule has 0 saturated carbocycles. The van der Waals surface area contributed by atoms with E-state index in [-0.39, 0.29) is 12.0 Å². The summed E-state index contributed by atoms with van der Waals surface area (Å²) >= 11 is 0. The number of nitrogens with zero attached hydrogens (tertiary/aromatic N) is 1. The van der Waals surface area contributed by atoms with Crippen LogP contribution >= 0.6 is 0 Å². The maximum Gasteiger partial charge on any atom is 0.263 e. The molecule has 1 heterocycles. The lowest BCUT2D eigenvalue weighted by Gasteiger charge is -2.34. The lowest BCUT2D eigenvalue weighted by Crippen LogP contribution is -2.45. The lowest BCUT2D eigenvalue weighted by molar-refractivity contribution is -0.140. The Morgan fingerprint density at radius 2 is 2.13 bits per heavy atom. The number of hydrogen-bond acceptors (Lipinski definition) is 3. The number of rotatable bonds is 7. The average Bonchev–Trinajstić information content (AvgIpc) is 2.58. The molecule has 0 spiro atoms. The van der Waals surface area contributed by atoms with Crippen molar-refractivity contribution < 1.29 is 9.53 Å². The van der Waals surface area contributed by atoms with Crippen LogP contribution in [0.25, 0.3) is 0 Å². The molecule has 0 radical (unpaired) electrons. The molecule has 0 bridgehead atoms. The van der Waals surface area contributed by atoms with Crippen LogP contribution < -0.4 is 10.1 Å². The number of amides is 1. The number of carbonyl (C=O) groups is 1. The first kappa shape index (κ1) is 17.8. The molecule has 0 aromatic heterocycles. The van der Waals surface area contributed by atoms with E-state index in [1.54, 1.807) is 0 Å². The molecule has 1 N–H and O–H groups in total. The van der Waals surface area contributed by atoms with Gasteiger partial charge in [-0.25, -0.2) is 0 Å². The summed E-state index contributed by atoms with van der Waals surface area (Å²) in [5, 5.41) is 3.21. The van der Waals surface area contributed by atoms with Crippen LogP contribution in [0.5, 0.6) is 5.75 Å². The van der Waals surface area contributed by atoms with Crippen LogP contribution in [0.15, 0.2) is 24.3 Å². The van der Waals surface area contributed by atoms with Gasteiger partial charge in [-0.05, 0) is 69.8 Å². The molecule has 1 aromatic carbocycles. The van der Waals surface area contributed by atoms with E-state index in [2.05, 4.69) is 5.32 Å². The predicted octanol–water partition coefficient (Wildman–Crippen LogP) is 3.00. The van der Waals surface area contributed by atoms with Gasteiger partial charge in [0.25, 0.3) is 5.91 Å². The van der Waals surface area contributed by atoms with Crippen LogP contribution in [0, 0.1) is 12.8 Å². The van der Waals surface area contributed by atoms with Gasteiger partial charge in [-0.2, -0.15) is 0 Å². The molecule has 1 atom stereocenters. The van der Waals surface area contributed by atoms with Gasteiger partial charge in [-0.15, -0.1) is 0 Å². The fourth-order valence-corrected chi connectivity index (χ4v) is 3.16. The number of nitrogens with one attached hydrogen (secondary N) is 1. The van der Waals surface area contributed by atoms with Gasteiger partial charge in [0.05, 0.1) is 0 Å². The van der Waals surface area contributed by atoms with Crippen molar-refractivity contribution in [3.63, 3.8) is 0 Å². The lowest BCUT2D eigenvalue weighted by atomic mass is 9.93. The summed E-state index contributed by atoms with van der Waals surface area (Å²) in [6.07, 6.45) is 3.75. The molecule has 128 valence electrons.